The molecular formula is C15H19BrN2O2. The van der Waals surface area contributed by atoms with Crippen molar-refractivity contribution in [2.75, 3.05) is 37.7 Å². The van der Waals surface area contributed by atoms with Crippen LogP contribution in [0.1, 0.15) is 12.8 Å². The highest BCUT2D eigenvalue weighted by Crippen LogP contribution is 2.21. The van der Waals surface area contributed by atoms with Gasteiger partial charge in [0.25, 0.3) is 5.91 Å². The molecule has 20 heavy (non-hydrogen) atoms. The Morgan fingerprint density at radius 3 is 2.45 bits per heavy atom. The van der Waals surface area contributed by atoms with Crippen LogP contribution in [-0.2, 0) is 9.53 Å². The van der Waals surface area contributed by atoms with Crippen molar-refractivity contribution in [3.8, 4) is 0 Å². The summed E-state index contributed by atoms with van der Waals surface area (Å²) < 4.78 is 6.57. The average molecular weight is 339 g/mol. The van der Waals surface area contributed by atoms with Crippen molar-refractivity contribution in [2.45, 2.75) is 18.9 Å². The zero-order chi connectivity index (χ0) is 13.9. The van der Waals surface area contributed by atoms with Crippen molar-refractivity contribution in [2.24, 2.45) is 0 Å². The Kier molecular flexibility index (Phi) is 4.27. The number of benzene rings is 1. The predicted octanol–water partition coefficient (Wildman–Crippen LogP) is 2.28. The van der Waals surface area contributed by atoms with Gasteiger partial charge in [0, 0.05) is 42.9 Å². The Morgan fingerprint density at radius 1 is 1.15 bits per heavy atom. The molecule has 0 bridgehead atoms. The number of halogens is 1. The number of rotatable bonds is 2. The molecule has 2 fully saturated rings. The Hall–Kier alpha value is -1.07. The highest BCUT2D eigenvalue weighted by atomic mass is 79.9. The molecule has 1 aromatic carbocycles. The first kappa shape index (κ1) is 13.9. The average Bonchev–Trinajstić information content (AvgIpc) is 3.02. The van der Waals surface area contributed by atoms with Crippen LogP contribution >= 0.6 is 15.9 Å². The Labute approximate surface area is 127 Å². The maximum Gasteiger partial charge on any atom is 0.251 e. The van der Waals surface area contributed by atoms with Crippen LogP contribution in [0, 0.1) is 0 Å². The van der Waals surface area contributed by atoms with E-state index in [1.807, 2.05) is 4.90 Å². The summed E-state index contributed by atoms with van der Waals surface area (Å²) in [6.45, 7) is 4.08. The van der Waals surface area contributed by atoms with E-state index in [4.69, 9.17) is 4.74 Å². The molecule has 108 valence electrons. The van der Waals surface area contributed by atoms with Crippen LogP contribution < -0.4 is 4.90 Å². The van der Waals surface area contributed by atoms with E-state index in [-0.39, 0.29) is 12.0 Å². The summed E-state index contributed by atoms with van der Waals surface area (Å²) in [6.07, 6.45) is 1.70. The second-order valence-electron chi connectivity index (χ2n) is 5.29. The first-order valence-electron chi connectivity index (χ1n) is 7.15. The van der Waals surface area contributed by atoms with Gasteiger partial charge in [-0.1, -0.05) is 15.9 Å². The minimum absolute atomic E-state index is 0.179. The van der Waals surface area contributed by atoms with E-state index >= 15 is 0 Å². The Morgan fingerprint density at radius 2 is 1.85 bits per heavy atom. The monoisotopic (exact) mass is 338 g/mol. The Bertz CT molecular complexity index is 463. The third-order valence-corrected chi connectivity index (χ3v) is 4.52. The number of ether oxygens (including phenoxy) is 1. The lowest BCUT2D eigenvalue weighted by molar-refractivity contribution is -0.141. The lowest BCUT2D eigenvalue weighted by atomic mass is 10.2. The molecule has 1 unspecified atom stereocenters. The normalized spacial score (nSPS) is 23.1. The van der Waals surface area contributed by atoms with Crippen LogP contribution in [0.4, 0.5) is 5.69 Å². The van der Waals surface area contributed by atoms with Gasteiger partial charge in [-0.2, -0.15) is 0 Å². The van der Waals surface area contributed by atoms with Crippen molar-refractivity contribution in [1.82, 2.24) is 4.90 Å². The molecule has 2 saturated heterocycles. The summed E-state index contributed by atoms with van der Waals surface area (Å²) in [5.74, 6) is 0.179. The third-order valence-electron chi connectivity index (χ3n) is 3.99. The van der Waals surface area contributed by atoms with Crippen molar-refractivity contribution < 1.29 is 9.53 Å². The van der Waals surface area contributed by atoms with Crippen LogP contribution in [0.15, 0.2) is 28.7 Å². The quantitative estimate of drug-likeness (QED) is 0.829. The van der Waals surface area contributed by atoms with Gasteiger partial charge in [0.15, 0.2) is 0 Å². The van der Waals surface area contributed by atoms with Gasteiger partial charge in [0.1, 0.15) is 6.10 Å². The third kappa shape index (κ3) is 2.99. The van der Waals surface area contributed by atoms with E-state index in [1.165, 1.54) is 5.69 Å². The van der Waals surface area contributed by atoms with Gasteiger partial charge in [-0.15, -0.1) is 0 Å². The van der Waals surface area contributed by atoms with E-state index in [2.05, 4.69) is 45.1 Å². The minimum atomic E-state index is -0.186. The molecule has 0 aromatic heterocycles. The molecule has 0 spiro atoms. The summed E-state index contributed by atoms with van der Waals surface area (Å²) >= 11 is 3.45. The summed E-state index contributed by atoms with van der Waals surface area (Å²) in [6, 6.07) is 8.34. The van der Waals surface area contributed by atoms with Gasteiger partial charge in [-0.05, 0) is 37.1 Å². The number of hydrogen-bond donors (Lipinski definition) is 0. The smallest absolute Gasteiger partial charge is 0.251 e. The van der Waals surface area contributed by atoms with E-state index in [0.29, 0.717) is 0 Å². The van der Waals surface area contributed by atoms with E-state index in [0.717, 1.165) is 50.1 Å². The highest BCUT2D eigenvalue weighted by Gasteiger charge is 2.30. The number of carbonyl (C=O) groups is 1. The molecule has 0 aliphatic carbocycles. The molecule has 5 heteroatoms. The van der Waals surface area contributed by atoms with Crippen LogP contribution in [0.25, 0.3) is 0 Å². The predicted molar refractivity (Wildman–Crippen MR) is 81.9 cm³/mol. The number of nitrogens with zero attached hydrogens (tertiary/aromatic N) is 2. The van der Waals surface area contributed by atoms with Gasteiger partial charge in [-0.25, -0.2) is 0 Å². The van der Waals surface area contributed by atoms with Crippen molar-refractivity contribution in [1.29, 1.82) is 0 Å². The molecule has 2 aliphatic heterocycles. The summed E-state index contributed by atoms with van der Waals surface area (Å²) in [4.78, 5) is 16.5. The maximum absolute atomic E-state index is 12.3. The molecule has 1 amide bonds. The fourth-order valence-electron chi connectivity index (χ4n) is 2.81. The first-order chi connectivity index (χ1) is 9.74. The first-order valence-corrected chi connectivity index (χ1v) is 7.94. The molecule has 4 nitrogen and oxygen atoms in total. The van der Waals surface area contributed by atoms with Gasteiger partial charge >= 0.3 is 0 Å². The van der Waals surface area contributed by atoms with Gasteiger partial charge in [-0.3, -0.25) is 4.79 Å². The fraction of sp³-hybridized carbons (Fsp3) is 0.533. The molecule has 3 rings (SSSR count). The molecule has 0 radical (unpaired) electrons. The minimum Gasteiger partial charge on any atom is -0.368 e. The van der Waals surface area contributed by atoms with Crippen molar-refractivity contribution in [3.05, 3.63) is 28.7 Å². The molecular weight excluding hydrogens is 320 g/mol. The zero-order valence-corrected chi connectivity index (χ0v) is 13.0. The SMILES string of the molecule is O=C(C1CCCO1)N1CCN(c2ccc(Br)cc2)CC1. The molecule has 1 atom stereocenters. The van der Waals surface area contributed by atoms with Crippen LogP contribution in [0.2, 0.25) is 0 Å². The standard InChI is InChI=1S/C15H19BrN2O2/c16-12-3-5-13(6-4-12)17-7-9-18(10-8-17)15(19)14-2-1-11-20-14/h3-6,14H,1-2,7-11H2. The number of hydrogen-bond acceptors (Lipinski definition) is 3. The fourth-order valence-corrected chi connectivity index (χ4v) is 3.08. The van der Waals surface area contributed by atoms with Crippen LogP contribution in [0.5, 0.6) is 0 Å². The molecule has 1 aromatic rings. The zero-order valence-electron chi connectivity index (χ0n) is 11.4. The summed E-state index contributed by atoms with van der Waals surface area (Å²) in [5.41, 5.74) is 1.22. The van der Waals surface area contributed by atoms with Gasteiger partial charge in [0.05, 0.1) is 0 Å². The van der Waals surface area contributed by atoms with Crippen LogP contribution in [-0.4, -0.2) is 49.7 Å². The molecule has 0 N–H and O–H groups in total. The maximum atomic E-state index is 12.3. The molecule has 2 aliphatic rings. The van der Waals surface area contributed by atoms with Crippen molar-refractivity contribution >= 4 is 27.5 Å². The molecule has 2 heterocycles. The van der Waals surface area contributed by atoms with E-state index < -0.39 is 0 Å². The number of anilines is 1. The Balaban J connectivity index is 1.56. The lowest BCUT2D eigenvalue weighted by Gasteiger charge is -2.37. The molecule has 0 saturated carbocycles. The summed E-state index contributed by atoms with van der Waals surface area (Å²) in [5, 5.41) is 0. The topological polar surface area (TPSA) is 32.8 Å². The second kappa shape index (κ2) is 6.14. The van der Waals surface area contributed by atoms with E-state index in [9.17, 15) is 4.79 Å². The lowest BCUT2D eigenvalue weighted by Crippen LogP contribution is -2.51. The van der Waals surface area contributed by atoms with E-state index in [1.54, 1.807) is 0 Å². The van der Waals surface area contributed by atoms with Crippen molar-refractivity contribution in [3.63, 3.8) is 0 Å². The number of carbonyl (C=O) groups excluding carboxylic acids is 1. The highest BCUT2D eigenvalue weighted by molar-refractivity contribution is 9.10. The van der Waals surface area contributed by atoms with Gasteiger partial charge in [0.2, 0.25) is 0 Å². The number of piperazine rings is 1. The van der Waals surface area contributed by atoms with Gasteiger partial charge < -0.3 is 14.5 Å². The largest absolute Gasteiger partial charge is 0.368 e. The summed E-state index contributed by atoms with van der Waals surface area (Å²) in [7, 11) is 0. The number of amides is 1. The van der Waals surface area contributed by atoms with Crippen LogP contribution in [0.3, 0.4) is 0 Å². The second-order valence-corrected chi connectivity index (χ2v) is 6.21.